The van der Waals surface area contributed by atoms with Gasteiger partial charge in [0.2, 0.25) is 0 Å². The van der Waals surface area contributed by atoms with Crippen molar-refractivity contribution in [2.24, 2.45) is 0 Å². The maximum atomic E-state index is 6.41. The van der Waals surface area contributed by atoms with Crippen LogP contribution in [0.2, 0.25) is 0 Å². The Balaban J connectivity index is 1.09. The van der Waals surface area contributed by atoms with Crippen LogP contribution in [-0.2, 0) is 0 Å². The minimum atomic E-state index is 0.908. The van der Waals surface area contributed by atoms with Gasteiger partial charge in [-0.2, -0.15) is 0 Å². The standard InChI is InChI=1S/C48H29NO/c1-3-13-35-30(10-1)22-27-42-47(35)48-36-14-4-2-11-31(36)23-28-43(48)49(42)33-24-20-32(21-25-33)34-12-5-6-15-37(34)38-26-29-45-46-40(38)17-9-18-41(46)39-16-7-8-19-44(39)50-45/h1-29H. The molecule has 10 aromatic rings. The molecule has 11 rings (SSSR count). The number of para-hydroxylation sites is 1. The zero-order valence-electron chi connectivity index (χ0n) is 27.1. The molecule has 0 N–H and O–H groups in total. The fourth-order valence-corrected chi connectivity index (χ4v) is 8.40. The summed E-state index contributed by atoms with van der Waals surface area (Å²) in [4.78, 5) is 0. The van der Waals surface area contributed by atoms with E-state index < -0.39 is 0 Å². The summed E-state index contributed by atoms with van der Waals surface area (Å²) in [7, 11) is 0. The Bertz CT molecular complexity index is 2910. The number of hydrogen-bond acceptors (Lipinski definition) is 1. The number of ether oxygens (including phenoxy) is 1. The van der Waals surface area contributed by atoms with Gasteiger partial charge in [-0.15, -0.1) is 0 Å². The Labute approximate surface area is 289 Å². The fourth-order valence-electron chi connectivity index (χ4n) is 8.40. The minimum Gasteiger partial charge on any atom is -0.456 e. The molecule has 232 valence electrons. The Morgan fingerprint density at radius 3 is 1.62 bits per heavy atom. The van der Waals surface area contributed by atoms with Crippen LogP contribution in [0, 0.1) is 0 Å². The van der Waals surface area contributed by atoms with E-state index in [4.69, 9.17) is 4.74 Å². The van der Waals surface area contributed by atoms with Crippen molar-refractivity contribution in [3.8, 4) is 50.6 Å². The highest BCUT2D eigenvalue weighted by Crippen LogP contribution is 2.49. The van der Waals surface area contributed by atoms with Crippen LogP contribution in [-0.4, -0.2) is 4.57 Å². The number of benzene rings is 9. The Morgan fingerprint density at radius 2 is 0.900 bits per heavy atom. The first-order valence-corrected chi connectivity index (χ1v) is 17.2. The van der Waals surface area contributed by atoms with E-state index in [0.717, 1.165) is 22.7 Å². The molecule has 50 heavy (non-hydrogen) atoms. The number of fused-ring (bicyclic) bond motifs is 9. The average molecular weight is 636 g/mol. The van der Waals surface area contributed by atoms with Crippen LogP contribution in [0.5, 0.6) is 11.5 Å². The number of hydrogen-bond donors (Lipinski definition) is 0. The predicted octanol–water partition coefficient (Wildman–Crippen LogP) is 13.3. The molecule has 0 radical (unpaired) electrons. The van der Waals surface area contributed by atoms with E-state index in [1.165, 1.54) is 81.9 Å². The van der Waals surface area contributed by atoms with Gasteiger partial charge in [-0.1, -0.05) is 140 Å². The fraction of sp³-hybridized carbons (Fsp3) is 0. The Morgan fingerprint density at radius 1 is 0.320 bits per heavy atom. The van der Waals surface area contributed by atoms with E-state index in [1.54, 1.807) is 0 Å². The quantitative estimate of drug-likeness (QED) is 0.188. The molecule has 0 atom stereocenters. The summed E-state index contributed by atoms with van der Waals surface area (Å²) in [6.45, 7) is 0. The molecule has 2 nitrogen and oxygen atoms in total. The van der Waals surface area contributed by atoms with Crippen LogP contribution in [0.15, 0.2) is 176 Å². The van der Waals surface area contributed by atoms with Crippen molar-refractivity contribution < 1.29 is 4.74 Å². The summed E-state index contributed by atoms with van der Waals surface area (Å²) in [6.07, 6.45) is 0. The molecule has 0 aliphatic carbocycles. The van der Waals surface area contributed by atoms with Gasteiger partial charge in [0.1, 0.15) is 11.5 Å². The topological polar surface area (TPSA) is 14.2 Å². The van der Waals surface area contributed by atoms with Crippen LogP contribution < -0.4 is 4.74 Å². The monoisotopic (exact) mass is 635 g/mol. The molecule has 9 aromatic carbocycles. The summed E-state index contributed by atoms with van der Waals surface area (Å²) in [5.74, 6) is 1.82. The lowest BCUT2D eigenvalue weighted by molar-refractivity contribution is 0.487. The van der Waals surface area contributed by atoms with E-state index in [1.807, 2.05) is 12.1 Å². The lowest BCUT2D eigenvalue weighted by atomic mass is 9.88. The molecule has 2 heteroatoms. The van der Waals surface area contributed by atoms with Crippen LogP contribution in [0.3, 0.4) is 0 Å². The molecule has 0 amide bonds. The van der Waals surface area contributed by atoms with E-state index in [-0.39, 0.29) is 0 Å². The van der Waals surface area contributed by atoms with E-state index in [9.17, 15) is 0 Å². The molecule has 1 aromatic heterocycles. The Hall–Kier alpha value is -6.64. The van der Waals surface area contributed by atoms with E-state index in [2.05, 4.69) is 168 Å². The van der Waals surface area contributed by atoms with Gasteiger partial charge in [0.15, 0.2) is 0 Å². The minimum absolute atomic E-state index is 0.908. The first-order chi connectivity index (χ1) is 24.8. The van der Waals surface area contributed by atoms with E-state index in [0.29, 0.717) is 0 Å². The smallest absolute Gasteiger partial charge is 0.135 e. The largest absolute Gasteiger partial charge is 0.456 e. The lowest BCUT2D eigenvalue weighted by Crippen LogP contribution is -1.98. The maximum Gasteiger partial charge on any atom is 0.135 e. The molecule has 0 unspecified atom stereocenters. The van der Waals surface area contributed by atoms with Crippen molar-refractivity contribution >= 4 is 54.1 Å². The summed E-state index contributed by atoms with van der Waals surface area (Å²) in [5, 5.41) is 10.1. The molecule has 0 spiro atoms. The van der Waals surface area contributed by atoms with Crippen molar-refractivity contribution in [1.29, 1.82) is 0 Å². The second-order valence-corrected chi connectivity index (χ2v) is 13.2. The maximum absolute atomic E-state index is 6.41. The van der Waals surface area contributed by atoms with Gasteiger partial charge in [-0.25, -0.2) is 0 Å². The highest BCUT2D eigenvalue weighted by Gasteiger charge is 2.22. The first kappa shape index (κ1) is 27.3. The summed E-state index contributed by atoms with van der Waals surface area (Å²) in [6, 6.07) is 63.7. The first-order valence-electron chi connectivity index (χ1n) is 17.2. The molecule has 0 saturated carbocycles. The summed E-state index contributed by atoms with van der Waals surface area (Å²) in [5.41, 5.74) is 10.7. The molecule has 0 saturated heterocycles. The highest BCUT2D eigenvalue weighted by molar-refractivity contribution is 6.28. The van der Waals surface area contributed by atoms with Crippen molar-refractivity contribution in [3.05, 3.63) is 176 Å². The van der Waals surface area contributed by atoms with Crippen LogP contribution >= 0.6 is 0 Å². The van der Waals surface area contributed by atoms with Crippen LogP contribution in [0.25, 0.3) is 93.2 Å². The molecular weight excluding hydrogens is 607 g/mol. The van der Waals surface area contributed by atoms with Gasteiger partial charge in [0.05, 0.1) is 11.0 Å². The van der Waals surface area contributed by atoms with Gasteiger partial charge >= 0.3 is 0 Å². The van der Waals surface area contributed by atoms with Gasteiger partial charge in [0.25, 0.3) is 0 Å². The predicted molar refractivity (Wildman–Crippen MR) is 210 cm³/mol. The molecule has 1 aliphatic heterocycles. The van der Waals surface area contributed by atoms with Crippen LogP contribution in [0.4, 0.5) is 0 Å². The lowest BCUT2D eigenvalue weighted by Gasteiger charge is -2.23. The third-order valence-corrected chi connectivity index (χ3v) is 10.6. The van der Waals surface area contributed by atoms with Gasteiger partial charge in [-0.3, -0.25) is 0 Å². The number of rotatable bonds is 3. The molecular formula is C48H29NO. The molecule has 0 bridgehead atoms. The second-order valence-electron chi connectivity index (χ2n) is 13.2. The van der Waals surface area contributed by atoms with Crippen molar-refractivity contribution in [3.63, 3.8) is 0 Å². The molecule has 2 heterocycles. The second kappa shape index (κ2) is 10.4. The zero-order chi connectivity index (χ0) is 32.8. The number of aromatic nitrogens is 1. The van der Waals surface area contributed by atoms with Gasteiger partial charge in [-0.05, 0) is 91.1 Å². The van der Waals surface area contributed by atoms with E-state index >= 15 is 0 Å². The molecule has 1 aliphatic rings. The van der Waals surface area contributed by atoms with Gasteiger partial charge < -0.3 is 9.30 Å². The number of nitrogens with zero attached hydrogens (tertiary/aromatic N) is 1. The Kier molecular flexibility index (Phi) is 5.70. The third-order valence-electron chi connectivity index (χ3n) is 10.6. The summed E-state index contributed by atoms with van der Waals surface area (Å²) >= 11 is 0. The average Bonchev–Trinajstić information content (AvgIpc) is 3.54. The van der Waals surface area contributed by atoms with Crippen molar-refractivity contribution in [1.82, 2.24) is 4.57 Å². The SMILES string of the molecule is c1ccc2c(c1)Oc1ccc(-c3ccccc3-c3ccc(-n4c5ccc6ccccc6c5c5c6ccccc6ccc54)cc3)c3cccc-2c13. The van der Waals surface area contributed by atoms with Crippen LogP contribution in [0.1, 0.15) is 0 Å². The van der Waals surface area contributed by atoms with Gasteiger partial charge in [0, 0.05) is 27.4 Å². The normalized spacial score (nSPS) is 12.2. The van der Waals surface area contributed by atoms with Crippen molar-refractivity contribution in [2.75, 3.05) is 0 Å². The highest BCUT2D eigenvalue weighted by atomic mass is 16.5. The third kappa shape index (κ3) is 3.85. The molecule has 0 fully saturated rings. The zero-order valence-corrected chi connectivity index (χ0v) is 27.1. The summed E-state index contributed by atoms with van der Waals surface area (Å²) < 4.78 is 8.84. The van der Waals surface area contributed by atoms with Crippen molar-refractivity contribution in [2.45, 2.75) is 0 Å².